The Hall–Kier alpha value is -2.67. The summed E-state index contributed by atoms with van der Waals surface area (Å²) in [4.78, 5) is 16.2. The number of hydrogen-bond acceptors (Lipinski definition) is 6. The van der Waals surface area contributed by atoms with Crippen molar-refractivity contribution in [2.45, 2.75) is 38.6 Å². The van der Waals surface area contributed by atoms with E-state index in [1.807, 2.05) is 6.92 Å². The summed E-state index contributed by atoms with van der Waals surface area (Å²) in [5.41, 5.74) is 3.67. The zero-order valence-electron chi connectivity index (χ0n) is 18.4. The zero-order chi connectivity index (χ0) is 21.4. The number of fused-ring (bicyclic) bond motifs is 1. The number of benzene rings is 1. The molecule has 3 heterocycles. The summed E-state index contributed by atoms with van der Waals surface area (Å²) in [7, 11) is 2.17. The number of piperazine rings is 1. The van der Waals surface area contributed by atoms with Crippen LogP contribution in [-0.4, -0.2) is 60.7 Å². The minimum atomic E-state index is -0.0665. The van der Waals surface area contributed by atoms with Gasteiger partial charge in [0, 0.05) is 55.4 Å². The first kappa shape index (κ1) is 20.2. The lowest BCUT2D eigenvalue weighted by atomic mass is 10.0. The molecule has 2 aromatic rings. The van der Waals surface area contributed by atoms with Crippen LogP contribution in [-0.2, 0) is 0 Å². The molecule has 1 saturated carbocycles. The fraction of sp³-hybridized carbons (Fsp3) is 0.500. The predicted molar refractivity (Wildman–Crippen MR) is 125 cm³/mol. The molecule has 2 aliphatic heterocycles. The Morgan fingerprint density at radius 1 is 1.03 bits per heavy atom. The van der Waals surface area contributed by atoms with E-state index in [2.05, 4.69) is 56.3 Å². The first-order valence-corrected chi connectivity index (χ1v) is 11.4. The second-order valence-corrected chi connectivity index (χ2v) is 8.99. The number of anilines is 4. The van der Waals surface area contributed by atoms with Crippen LogP contribution in [0.15, 0.2) is 36.3 Å². The smallest absolute Gasteiger partial charge is 0.229 e. The van der Waals surface area contributed by atoms with Crippen molar-refractivity contribution in [3.8, 4) is 0 Å². The summed E-state index contributed by atoms with van der Waals surface area (Å²) < 4.78 is 14.6. The molecule has 1 saturated heterocycles. The van der Waals surface area contributed by atoms with E-state index < -0.39 is 0 Å². The molecule has 31 heavy (non-hydrogen) atoms. The number of nitrogens with zero attached hydrogens (tertiary/aromatic N) is 5. The molecule has 0 atom stereocenters. The molecule has 0 amide bonds. The third-order valence-corrected chi connectivity index (χ3v) is 6.92. The van der Waals surface area contributed by atoms with Gasteiger partial charge < -0.3 is 20.0 Å². The van der Waals surface area contributed by atoms with Crippen molar-refractivity contribution in [1.82, 2.24) is 14.9 Å². The SMILES string of the molecule is CC1=C(F)CN(C2CCCC2)c2nc(Nc3ccc(N4CCN(C)CC4)cc3)ncc21. The van der Waals surface area contributed by atoms with Crippen LogP contribution < -0.4 is 15.1 Å². The van der Waals surface area contributed by atoms with Crippen LogP contribution in [0.1, 0.15) is 38.2 Å². The van der Waals surface area contributed by atoms with E-state index in [-0.39, 0.29) is 5.83 Å². The van der Waals surface area contributed by atoms with Gasteiger partial charge in [0.25, 0.3) is 0 Å². The van der Waals surface area contributed by atoms with Crippen molar-refractivity contribution in [2.24, 2.45) is 0 Å². The standard InChI is InChI=1S/C24H31FN6/c1-17-21-15-26-24(28-23(21)31(16-22(17)25)20-5-3-4-6-20)27-18-7-9-19(10-8-18)30-13-11-29(2)12-14-30/h7-10,15,20H,3-6,11-14,16H2,1-2H3,(H,26,27,28). The van der Waals surface area contributed by atoms with Gasteiger partial charge in [-0.25, -0.2) is 9.37 Å². The fourth-order valence-corrected chi connectivity index (χ4v) is 4.87. The van der Waals surface area contributed by atoms with E-state index in [1.54, 1.807) is 6.20 Å². The van der Waals surface area contributed by atoms with E-state index in [0.717, 1.165) is 56.1 Å². The molecule has 0 unspecified atom stereocenters. The molecule has 1 aromatic carbocycles. The van der Waals surface area contributed by atoms with E-state index in [4.69, 9.17) is 4.98 Å². The fourth-order valence-electron chi connectivity index (χ4n) is 4.87. The zero-order valence-corrected chi connectivity index (χ0v) is 18.4. The Kier molecular flexibility index (Phi) is 5.52. The maximum Gasteiger partial charge on any atom is 0.229 e. The Morgan fingerprint density at radius 3 is 2.45 bits per heavy atom. The lowest BCUT2D eigenvalue weighted by molar-refractivity contribution is 0.313. The Bertz CT molecular complexity index is 959. The Labute approximate surface area is 183 Å². The highest BCUT2D eigenvalue weighted by Crippen LogP contribution is 2.38. The summed E-state index contributed by atoms with van der Waals surface area (Å²) in [6.07, 6.45) is 6.38. The van der Waals surface area contributed by atoms with Gasteiger partial charge in [-0.3, -0.25) is 0 Å². The second kappa shape index (κ2) is 8.46. The molecule has 1 aliphatic carbocycles. The average molecular weight is 423 g/mol. The lowest BCUT2D eigenvalue weighted by Gasteiger charge is -2.34. The second-order valence-electron chi connectivity index (χ2n) is 8.99. The van der Waals surface area contributed by atoms with Crippen molar-refractivity contribution in [2.75, 3.05) is 54.9 Å². The molecule has 3 aliphatic rings. The number of rotatable bonds is 4. The first-order chi connectivity index (χ1) is 15.1. The highest BCUT2D eigenvalue weighted by atomic mass is 19.1. The van der Waals surface area contributed by atoms with Crippen LogP contribution in [0, 0.1) is 0 Å². The number of hydrogen-bond donors (Lipinski definition) is 1. The maximum absolute atomic E-state index is 14.6. The molecule has 7 heteroatoms. The third-order valence-electron chi connectivity index (χ3n) is 6.92. The van der Waals surface area contributed by atoms with E-state index in [9.17, 15) is 4.39 Å². The predicted octanol–water partition coefficient (Wildman–Crippen LogP) is 4.44. The van der Waals surface area contributed by atoms with Gasteiger partial charge in [0.15, 0.2) is 0 Å². The summed E-state index contributed by atoms with van der Waals surface area (Å²) in [5, 5.41) is 3.34. The van der Waals surface area contributed by atoms with E-state index in [0.29, 0.717) is 24.1 Å². The Balaban J connectivity index is 1.35. The molecule has 5 rings (SSSR count). The van der Waals surface area contributed by atoms with Gasteiger partial charge in [-0.15, -0.1) is 0 Å². The van der Waals surface area contributed by atoms with Crippen molar-refractivity contribution in [3.05, 3.63) is 41.9 Å². The van der Waals surface area contributed by atoms with Gasteiger partial charge in [0.2, 0.25) is 5.95 Å². The van der Waals surface area contributed by atoms with Crippen LogP contribution in [0.25, 0.3) is 5.57 Å². The van der Waals surface area contributed by atoms with Crippen LogP contribution in [0.2, 0.25) is 0 Å². The Morgan fingerprint density at radius 2 is 1.74 bits per heavy atom. The summed E-state index contributed by atoms with van der Waals surface area (Å²) in [6.45, 7) is 6.44. The maximum atomic E-state index is 14.6. The summed E-state index contributed by atoms with van der Waals surface area (Å²) in [5.74, 6) is 1.35. The van der Waals surface area contributed by atoms with Gasteiger partial charge >= 0.3 is 0 Å². The molecule has 6 nitrogen and oxygen atoms in total. The van der Waals surface area contributed by atoms with Crippen LogP contribution >= 0.6 is 0 Å². The minimum Gasteiger partial charge on any atom is -0.369 e. The van der Waals surface area contributed by atoms with Crippen molar-refractivity contribution < 1.29 is 4.39 Å². The summed E-state index contributed by atoms with van der Waals surface area (Å²) in [6, 6.07) is 8.83. The van der Waals surface area contributed by atoms with Crippen molar-refractivity contribution >= 4 is 28.7 Å². The number of allylic oxidation sites excluding steroid dienone is 1. The molecule has 1 N–H and O–H groups in total. The number of nitrogens with one attached hydrogen (secondary N) is 1. The largest absolute Gasteiger partial charge is 0.369 e. The van der Waals surface area contributed by atoms with Crippen molar-refractivity contribution in [1.29, 1.82) is 0 Å². The number of halogens is 1. The number of likely N-dealkylation sites (N-methyl/N-ethyl adjacent to an activating group) is 1. The van der Waals surface area contributed by atoms with Gasteiger partial charge in [-0.05, 0) is 56.7 Å². The van der Waals surface area contributed by atoms with Gasteiger partial charge in [-0.1, -0.05) is 12.8 Å². The molecule has 0 bridgehead atoms. The van der Waals surface area contributed by atoms with Gasteiger partial charge in [0.05, 0.1) is 6.54 Å². The van der Waals surface area contributed by atoms with Crippen LogP contribution in [0.4, 0.5) is 27.5 Å². The van der Waals surface area contributed by atoms with E-state index >= 15 is 0 Å². The third kappa shape index (κ3) is 4.11. The summed E-state index contributed by atoms with van der Waals surface area (Å²) >= 11 is 0. The molecule has 0 radical (unpaired) electrons. The number of aromatic nitrogens is 2. The monoisotopic (exact) mass is 422 g/mol. The highest BCUT2D eigenvalue weighted by molar-refractivity contribution is 5.79. The molecule has 164 valence electrons. The normalized spacial score (nSPS) is 20.4. The minimum absolute atomic E-state index is 0.0665. The first-order valence-electron chi connectivity index (χ1n) is 11.4. The molecular formula is C24H31FN6. The van der Waals surface area contributed by atoms with Crippen LogP contribution in [0.3, 0.4) is 0 Å². The highest BCUT2D eigenvalue weighted by Gasteiger charge is 2.31. The van der Waals surface area contributed by atoms with Crippen molar-refractivity contribution in [3.63, 3.8) is 0 Å². The van der Waals surface area contributed by atoms with Gasteiger partial charge in [-0.2, -0.15) is 4.98 Å². The quantitative estimate of drug-likeness (QED) is 0.786. The molecular weight excluding hydrogens is 391 g/mol. The van der Waals surface area contributed by atoms with Gasteiger partial charge in [0.1, 0.15) is 11.6 Å². The molecule has 1 aromatic heterocycles. The molecule has 2 fully saturated rings. The topological polar surface area (TPSA) is 47.5 Å². The lowest BCUT2D eigenvalue weighted by Crippen LogP contribution is -2.44. The van der Waals surface area contributed by atoms with E-state index in [1.165, 1.54) is 18.5 Å². The average Bonchev–Trinajstić information content (AvgIpc) is 3.32. The molecule has 0 spiro atoms. The van der Waals surface area contributed by atoms with Crippen LogP contribution in [0.5, 0.6) is 0 Å².